The van der Waals surface area contributed by atoms with Gasteiger partial charge in [-0.25, -0.2) is 4.68 Å². The molecular formula is C19H18ClN3. The van der Waals surface area contributed by atoms with Gasteiger partial charge in [0.1, 0.15) is 5.82 Å². The van der Waals surface area contributed by atoms with Gasteiger partial charge in [0.05, 0.1) is 11.4 Å². The summed E-state index contributed by atoms with van der Waals surface area (Å²) >= 11 is 6.20. The smallest absolute Gasteiger partial charge is 0.133 e. The van der Waals surface area contributed by atoms with Crippen molar-refractivity contribution in [1.29, 1.82) is 0 Å². The molecule has 116 valence electrons. The SMILES string of the molecule is Cc1cccc(-c2nn(-c3cc(Cl)ccc3C)c3c2CCN3)c1. The molecule has 0 fully saturated rings. The van der Waals surface area contributed by atoms with Crippen molar-refractivity contribution in [2.24, 2.45) is 0 Å². The van der Waals surface area contributed by atoms with Crippen LogP contribution in [0.3, 0.4) is 0 Å². The summed E-state index contributed by atoms with van der Waals surface area (Å²) < 4.78 is 2.00. The van der Waals surface area contributed by atoms with Crippen LogP contribution in [0.5, 0.6) is 0 Å². The highest BCUT2D eigenvalue weighted by molar-refractivity contribution is 6.30. The van der Waals surface area contributed by atoms with E-state index in [0.29, 0.717) is 0 Å². The van der Waals surface area contributed by atoms with E-state index in [9.17, 15) is 0 Å². The molecule has 0 unspecified atom stereocenters. The van der Waals surface area contributed by atoms with Crippen LogP contribution in [-0.4, -0.2) is 16.3 Å². The molecule has 0 radical (unpaired) electrons. The third-order valence-corrected chi connectivity index (χ3v) is 4.58. The highest BCUT2D eigenvalue weighted by Crippen LogP contribution is 2.35. The van der Waals surface area contributed by atoms with E-state index in [1.807, 2.05) is 22.9 Å². The highest BCUT2D eigenvalue weighted by atomic mass is 35.5. The van der Waals surface area contributed by atoms with Gasteiger partial charge in [0.25, 0.3) is 0 Å². The average Bonchev–Trinajstić information content (AvgIpc) is 3.12. The van der Waals surface area contributed by atoms with E-state index >= 15 is 0 Å². The normalized spacial score (nSPS) is 13.0. The number of aromatic nitrogens is 2. The van der Waals surface area contributed by atoms with Crippen LogP contribution in [0.2, 0.25) is 5.02 Å². The molecule has 3 nitrogen and oxygen atoms in total. The molecule has 23 heavy (non-hydrogen) atoms. The minimum atomic E-state index is 0.727. The molecule has 0 amide bonds. The molecule has 0 bridgehead atoms. The summed E-state index contributed by atoms with van der Waals surface area (Å²) in [5, 5.41) is 9.11. The van der Waals surface area contributed by atoms with Gasteiger partial charge in [-0.05, 0) is 44.0 Å². The molecule has 4 heteroatoms. The Balaban J connectivity index is 1.93. The monoisotopic (exact) mass is 323 g/mol. The molecule has 2 aromatic carbocycles. The zero-order valence-electron chi connectivity index (χ0n) is 13.2. The summed E-state index contributed by atoms with van der Waals surface area (Å²) in [5.41, 5.74) is 6.95. The Morgan fingerprint density at radius 2 is 2.00 bits per heavy atom. The number of anilines is 1. The van der Waals surface area contributed by atoms with Gasteiger partial charge in [-0.15, -0.1) is 0 Å². The van der Waals surface area contributed by atoms with Gasteiger partial charge in [0, 0.05) is 22.7 Å². The topological polar surface area (TPSA) is 29.9 Å². The first-order chi connectivity index (χ1) is 11.1. The Kier molecular flexibility index (Phi) is 3.38. The second-order valence-electron chi connectivity index (χ2n) is 6.06. The summed E-state index contributed by atoms with van der Waals surface area (Å²) in [4.78, 5) is 0. The minimum absolute atomic E-state index is 0.727. The van der Waals surface area contributed by atoms with E-state index in [0.717, 1.165) is 40.8 Å². The minimum Gasteiger partial charge on any atom is -0.369 e. The molecule has 3 aromatic rings. The number of benzene rings is 2. The Hall–Kier alpha value is -2.26. The van der Waals surface area contributed by atoms with E-state index < -0.39 is 0 Å². The Bertz CT molecular complexity index is 896. The molecule has 1 aliphatic heterocycles. The largest absolute Gasteiger partial charge is 0.369 e. The average molecular weight is 324 g/mol. The molecule has 4 rings (SSSR count). The predicted molar refractivity (Wildman–Crippen MR) is 95.7 cm³/mol. The van der Waals surface area contributed by atoms with Gasteiger partial charge in [-0.3, -0.25) is 0 Å². The van der Waals surface area contributed by atoms with Crippen molar-refractivity contribution in [3.05, 3.63) is 64.2 Å². The van der Waals surface area contributed by atoms with Crippen LogP contribution in [0.4, 0.5) is 5.82 Å². The quantitative estimate of drug-likeness (QED) is 0.735. The van der Waals surface area contributed by atoms with Crippen molar-refractivity contribution in [3.63, 3.8) is 0 Å². The summed E-state index contributed by atoms with van der Waals surface area (Å²) in [6.45, 7) is 5.15. The maximum absolute atomic E-state index is 6.20. The molecule has 1 aromatic heterocycles. The Morgan fingerprint density at radius 1 is 1.13 bits per heavy atom. The second kappa shape index (κ2) is 5.43. The van der Waals surface area contributed by atoms with Crippen LogP contribution in [0, 0.1) is 13.8 Å². The summed E-state index contributed by atoms with van der Waals surface area (Å²) in [6.07, 6.45) is 0.998. The summed E-state index contributed by atoms with van der Waals surface area (Å²) in [6, 6.07) is 14.4. The van der Waals surface area contributed by atoms with E-state index in [1.54, 1.807) is 0 Å². The predicted octanol–water partition coefficient (Wildman–Crippen LogP) is 4.78. The Morgan fingerprint density at radius 3 is 2.83 bits per heavy atom. The zero-order chi connectivity index (χ0) is 16.0. The van der Waals surface area contributed by atoms with Crippen molar-refractivity contribution < 1.29 is 0 Å². The van der Waals surface area contributed by atoms with E-state index in [4.69, 9.17) is 16.7 Å². The molecule has 0 saturated carbocycles. The fourth-order valence-corrected chi connectivity index (χ4v) is 3.35. The number of hydrogen-bond donors (Lipinski definition) is 1. The summed E-state index contributed by atoms with van der Waals surface area (Å²) in [5.74, 6) is 1.09. The Labute approximate surface area is 140 Å². The number of nitrogens with one attached hydrogen (secondary N) is 1. The van der Waals surface area contributed by atoms with Crippen molar-refractivity contribution in [3.8, 4) is 16.9 Å². The van der Waals surface area contributed by atoms with E-state index in [-0.39, 0.29) is 0 Å². The fraction of sp³-hybridized carbons (Fsp3) is 0.211. The molecule has 1 aliphatic rings. The van der Waals surface area contributed by atoms with Gasteiger partial charge >= 0.3 is 0 Å². The first-order valence-corrected chi connectivity index (χ1v) is 8.20. The molecule has 1 N–H and O–H groups in total. The van der Waals surface area contributed by atoms with Gasteiger partial charge in [-0.2, -0.15) is 5.10 Å². The third-order valence-electron chi connectivity index (χ3n) is 4.34. The number of hydrogen-bond acceptors (Lipinski definition) is 2. The lowest BCUT2D eigenvalue weighted by atomic mass is 10.0. The van der Waals surface area contributed by atoms with Crippen LogP contribution in [-0.2, 0) is 6.42 Å². The van der Waals surface area contributed by atoms with E-state index in [1.165, 1.54) is 16.7 Å². The van der Waals surface area contributed by atoms with Crippen molar-refractivity contribution in [1.82, 2.24) is 9.78 Å². The first-order valence-electron chi connectivity index (χ1n) is 7.83. The van der Waals surface area contributed by atoms with E-state index in [2.05, 4.69) is 43.4 Å². The molecule has 0 aliphatic carbocycles. The van der Waals surface area contributed by atoms with Gasteiger partial charge in [0.2, 0.25) is 0 Å². The fourth-order valence-electron chi connectivity index (χ4n) is 3.18. The molecule has 0 atom stereocenters. The number of nitrogens with zero attached hydrogens (tertiary/aromatic N) is 2. The molecule has 2 heterocycles. The molecule has 0 spiro atoms. The number of fused-ring (bicyclic) bond motifs is 1. The van der Waals surface area contributed by atoms with Crippen LogP contribution in [0.1, 0.15) is 16.7 Å². The number of rotatable bonds is 2. The highest BCUT2D eigenvalue weighted by Gasteiger charge is 2.24. The van der Waals surface area contributed by atoms with Crippen LogP contribution >= 0.6 is 11.6 Å². The number of halogens is 1. The molecule has 0 saturated heterocycles. The zero-order valence-corrected chi connectivity index (χ0v) is 14.0. The lowest BCUT2D eigenvalue weighted by molar-refractivity contribution is 0.875. The lowest BCUT2D eigenvalue weighted by Gasteiger charge is -2.10. The van der Waals surface area contributed by atoms with Crippen LogP contribution in [0.15, 0.2) is 42.5 Å². The van der Waals surface area contributed by atoms with Crippen LogP contribution < -0.4 is 5.32 Å². The maximum atomic E-state index is 6.20. The third kappa shape index (κ3) is 2.41. The standard InChI is InChI=1S/C19H18ClN3/c1-12-4-3-5-14(10-12)18-16-8-9-21-19(16)23(22-18)17-11-15(20)7-6-13(17)2/h3-7,10-11,21H,8-9H2,1-2H3. The van der Waals surface area contributed by atoms with Crippen molar-refractivity contribution >= 4 is 17.4 Å². The first kappa shape index (κ1) is 14.3. The van der Waals surface area contributed by atoms with Gasteiger partial charge in [0.15, 0.2) is 0 Å². The van der Waals surface area contributed by atoms with Gasteiger partial charge in [-0.1, -0.05) is 41.4 Å². The lowest BCUT2D eigenvalue weighted by Crippen LogP contribution is -2.05. The number of aryl methyl sites for hydroxylation is 2. The van der Waals surface area contributed by atoms with Crippen molar-refractivity contribution in [2.45, 2.75) is 20.3 Å². The van der Waals surface area contributed by atoms with Crippen molar-refractivity contribution in [2.75, 3.05) is 11.9 Å². The molecular weight excluding hydrogens is 306 g/mol. The van der Waals surface area contributed by atoms with Gasteiger partial charge < -0.3 is 5.32 Å². The maximum Gasteiger partial charge on any atom is 0.133 e. The van der Waals surface area contributed by atoms with Crippen LogP contribution in [0.25, 0.3) is 16.9 Å². The summed E-state index contributed by atoms with van der Waals surface area (Å²) in [7, 11) is 0. The second-order valence-corrected chi connectivity index (χ2v) is 6.50.